The second kappa shape index (κ2) is 8.12. The Balaban J connectivity index is 2.55. The SMILES string of the molecule is C[C@@H](OC(=O)NC(C)(C)C)[C@@H](O)N[C@H](CO)c1ccccc1. The van der Waals surface area contributed by atoms with Gasteiger partial charge >= 0.3 is 6.09 Å². The fourth-order valence-electron chi connectivity index (χ4n) is 1.85. The predicted octanol–water partition coefficient (Wildman–Crippen LogP) is 1.54. The molecule has 6 nitrogen and oxygen atoms in total. The Kier molecular flexibility index (Phi) is 6.80. The number of aliphatic hydroxyl groups is 2. The summed E-state index contributed by atoms with van der Waals surface area (Å²) < 4.78 is 5.13. The summed E-state index contributed by atoms with van der Waals surface area (Å²) in [5, 5.41) is 25.1. The molecule has 1 amide bonds. The van der Waals surface area contributed by atoms with E-state index in [0.717, 1.165) is 5.56 Å². The molecule has 0 aliphatic rings. The number of alkyl carbamates (subject to hydrolysis) is 1. The highest BCUT2D eigenvalue weighted by Crippen LogP contribution is 2.13. The second-order valence-corrected chi connectivity index (χ2v) is 6.24. The monoisotopic (exact) mass is 310 g/mol. The molecular weight excluding hydrogens is 284 g/mol. The summed E-state index contributed by atoms with van der Waals surface area (Å²) in [5.41, 5.74) is 0.433. The third kappa shape index (κ3) is 6.43. The number of amides is 1. The van der Waals surface area contributed by atoms with Gasteiger partial charge in [0.2, 0.25) is 0 Å². The largest absolute Gasteiger partial charge is 0.442 e. The molecular formula is C16H26N2O4. The van der Waals surface area contributed by atoms with Crippen LogP contribution in [0.25, 0.3) is 0 Å². The molecule has 1 aromatic carbocycles. The minimum atomic E-state index is -1.09. The molecule has 0 heterocycles. The van der Waals surface area contributed by atoms with Crippen LogP contribution in [0.15, 0.2) is 30.3 Å². The average Bonchev–Trinajstić information content (AvgIpc) is 2.43. The number of ether oxygens (including phenoxy) is 1. The Labute approximate surface area is 131 Å². The van der Waals surface area contributed by atoms with Gasteiger partial charge in [0.25, 0.3) is 0 Å². The second-order valence-electron chi connectivity index (χ2n) is 6.24. The Bertz CT molecular complexity index is 459. The van der Waals surface area contributed by atoms with Crippen molar-refractivity contribution in [3.63, 3.8) is 0 Å². The van der Waals surface area contributed by atoms with Gasteiger partial charge in [0.1, 0.15) is 12.3 Å². The molecule has 0 aliphatic carbocycles. The number of benzene rings is 1. The lowest BCUT2D eigenvalue weighted by Crippen LogP contribution is -2.47. The topological polar surface area (TPSA) is 90.8 Å². The summed E-state index contributed by atoms with van der Waals surface area (Å²) in [6, 6.07) is 8.83. The van der Waals surface area contributed by atoms with Crippen molar-refractivity contribution in [1.82, 2.24) is 10.6 Å². The zero-order valence-corrected chi connectivity index (χ0v) is 13.5. The van der Waals surface area contributed by atoms with Crippen LogP contribution in [0.1, 0.15) is 39.3 Å². The Morgan fingerprint density at radius 2 is 1.86 bits per heavy atom. The van der Waals surface area contributed by atoms with Crippen LogP contribution < -0.4 is 10.6 Å². The summed E-state index contributed by atoms with van der Waals surface area (Å²) in [6.07, 6.45) is -2.45. The van der Waals surface area contributed by atoms with Gasteiger partial charge in [-0.3, -0.25) is 5.32 Å². The zero-order valence-electron chi connectivity index (χ0n) is 13.5. The van der Waals surface area contributed by atoms with Gasteiger partial charge in [0, 0.05) is 5.54 Å². The number of carbonyl (C=O) groups is 1. The molecule has 0 aromatic heterocycles. The van der Waals surface area contributed by atoms with E-state index in [-0.39, 0.29) is 6.61 Å². The fourth-order valence-corrected chi connectivity index (χ4v) is 1.85. The average molecular weight is 310 g/mol. The molecule has 4 N–H and O–H groups in total. The van der Waals surface area contributed by atoms with Gasteiger partial charge in [-0.15, -0.1) is 0 Å². The highest BCUT2D eigenvalue weighted by atomic mass is 16.6. The Hall–Kier alpha value is -1.63. The molecule has 1 aromatic rings. The van der Waals surface area contributed by atoms with Crippen LogP contribution in [0.4, 0.5) is 4.79 Å². The van der Waals surface area contributed by atoms with Gasteiger partial charge in [-0.2, -0.15) is 0 Å². The highest BCUT2D eigenvalue weighted by Gasteiger charge is 2.24. The van der Waals surface area contributed by atoms with Gasteiger partial charge in [-0.05, 0) is 33.3 Å². The van der Waals surface area contributed by atoms with Crippen molar-refractivity contribution in [3.8, 4) is 0 Å². The first-order chi connectivity index (χ1) is 10.2. The van der Waals surface area contributed by atoms with Crippen LogP contribution >= 0.6 is 0 Å². The number of aliphatic hydroxyl groups excluding tert-OH is 2. The molecule has 0 bridgehead atoms. The van der Waals surface area contributed by atoms with Crippen molar-refractivity contribution in [2.24, 2.45) is 0 Å². The van der Waals surface area contributed by atoms with E-state index in [0.29, 0.717) is 0 Å². The molecule has 3 atom stereocenters. The first-order valence-corrected chi connectivity index (χ1v) is 7.31. The standard InChI is InChI=1S/C16H26N2O4/c1-11(22-15(21)18-16(2,3)4)14(20)17-13(10-19)12-8-6-5-7-9-12/h5-9,11,13-14,17,19-20H,10H2,1-4H3,(H,18,21)/t11-,13-,14-/m1/s1. The molecule has 0 spiro atoms. The summed E-state index contributed by atoms with van der Waals surface area (Å²) in [6.45, 7) is 6.92. The van der Waals surface area contributed by atoms with E-state index in [4.69, 9.17) is 4.74 Å². The Morgan fingerprint density at radius 1 is 1.27 bits per heavy atom. The van der Waals surface area contributed by atoms with Crippen molar-refractivity contribution in [3.05, 3.63) is 35.9 Å². The molecule has 0 aliphatic heterocycles. The van der Waals surface area contributed by atoms with E-state index in [1.54, 1.807) is 6.92 Å². The fraction of sp³-hybridized carbons (Fsp3) is 0.562. The van der Waals surface area contributed by atoms with E-state index >= 15 is 0 Å². The molecule has 0 saturated carbocycles. The molecule has 0 saturated heterocycles. The summed E-state index contributed by atoms with van der Waals surface area (Å²) in [4.78, 5) is 11.7. The summed E-state index contributed by atoms with van der Waals surface area (Å²) in [7, 11) is 0. The van der Waals surface area contributed by atoms with Gasteiger partial charge < -0.3 is 20.3 Å². The third-order valence-electron chi connectivity index (χ3n) is 2.97. The zero-order chi connectivity index (χ0) is 16.8. The molecule has 0 fully saturated rings. The summed E-state index contributed by atoms with van der Waals surface area (Å²) >= 11 is 0. The van der Waals surface area contributed by atoms with Crippen LogP contribution in [0.2, 0.25) is 0 Å². The van der Waals surface area contributed by atoms with Crippen molar-refractivity contribution in [2.75, 3.05) is 6.61 Å². The van der Waals surface area contributed by atoms with E-state index in [1.165, 1.54) is 0 Å². The first kappa shape index (κ1) is 18.4. The van der Waals surface area contributed by atoms with Crippen molar-refractivity contribution in [2.45, 2.75) is 51.6 Å². The van der Waals surface area contributed by atoms with Gasteiger partial charge in [-0.1, -0.05) is 30.3 Å². The van der Waals surface area contributed by atoms with Gasteiger partial charge in [-0.25, -0.2) is 4.79 Å². The van der Waals surface area contributed by atoms with Crippen LogP contribution in [0.5, 0.6) is 0 Å². The Morgan fingerprint density at radius 3 is 2.36 bits per heavy atom. The molecule has 22 heavy (non-hydrogen) atoms. The third-order valence-corrected chi connectivity index (χ3v) is 2.97. The predicted molar refractivity (Wildman–Crippen MR) is 84.2 cm³/mol. The van der Waals surface area contributed by atoms with Crippen molar-refractivity contribution >= 4 is 6.09 Å². The molecule has 0 unspecified atom stereocenters. The van der Waals surface area contributed by atoms with Crippen LogP contribution in [0.3, 0.4) is 0 Å². The van der Waals surface area contributed by atoms with Gasteiger partial charge in [0.15, 0.2) is 0 Å². The number of hydrogen-bond donors (Lipinski definition) is 4. The maximum atomic E-state index is 11.7. The molecule has 6 heteroatoms. The molecule has 124 valence electrons. The van der Waals surface area contributed by atoms with Crippen LogP contribution in [0, 0.1) is 0 Å². The minimum Gasteiger partial charge on any atom is -0.442 e. The molecule has 1 rings (SSSR count). The smallest absolute Gasteiger partial charge is 0.407 e. The summed E-state index contributed by atoms with van der Waals surface area (Å²) in [5.74, 6) is 0. The maximum Gasteiger partial charge on any atom is 0.407 e. The number of carbonyl (C=O) groups excluding carboxylic acids is 1. The number of hydrogen-bond acceptors (Lipinski definition) is 5. The lowest BCUT2D eigenvalue weighted by molar-refractivity contribution is -0.0166. The van der Waals surface area contributed by atoms with Gasteiger partial charge in [0.05, 0.1) is 12.6 Å². The molecule has 0 radical (unpaired) electrons. The minimum absolute atomic E-state index is 0.179. The van der Waals surface area contributed by atoms with Crippen LogP contribution in [-0.2, 0) is 4.74 Å². The van der Waals surface area contributed by atoms with E-state index in [1.807, 2.05) is 51.1 Å². The van der Waals surface area contributed by atoms with Crippen LogP contribution in [-0.4, -0.2) is 40.8 Å². The lowest BCUT2D eigenvalue weighted by atomic mass is 10.1. The van der Waals surface area contributed by atoms with E-state index < -0.39 is 30.0 Å². The van der Waals surface area contributed by atoms with Crippen molar-refractivity contribution in [1.29, 1.82) is 0 Å². The van der Waals surface area contributed by atoms with Crippen molar-refractivity contribution < 1.29 is 19.7 Å². The highest BCUT2D eigenvalue weighted by molar-refractivity contribution is 5.68. The first-order valence-electron chi connectivity index (χ1n) is 7.31. The maximum absolute atomic E-state index is 11.7. The van der Waals surface area contributed by atoms with E-state index in [9.17, 15) is 15.0 Å². The number of nitrogens with one attached hydrogen (secondary N) is 2. The lowest BCUT2D eigenvalue weighted by Gasteiger charge is -2.27. The van der Waals surface area contributed by atoms with E-state index in [2.05, 4.69) is 10.6 Å². The number of rotatable bonds is 6. The normalized spacial score (nSPS) is 15.7. The quantitative estimate of drug-likeness (QED) is 0.598.